The molecule has 11 nitrogen and oxygen atoms in total. The Bertz CT molecular complexity index is 1680. The summed E-state index contributed by atoms with van der Waals surface area (Å²) in [7, 11) is 2.87. The first kappa shape index (κ1) is 29.6. The lowest BCUT2D eigenvalue weighted by molar-refractivity contribution is -0.141. The van der Waals surface area contributed by atoms with Crippen LogP contribution in [-0.2, 0) is 25.7 Å². The van der Waals surface area contributed by atoms with E-state index in [2.05, 4.69) is 15.1 Å². The van der Waals surface area contributed by atoms with Crippen LogP contribution >= 0.6 is 0 Å². The normalized spacial score (nSPS) is 14.0. The number of rotatable bonds is 8. The van der Waals surface area contributed by atoms with Crippen LogP contribution in [0.3, 0.4) is 0 Å². The number of aromatic nitrogens is 5. The number of aryl methyl sites for hydroxylation is 1. The van der Waals surface area contributed by atoms with Crippen molar-refractivity contribution >= 4 is 17.9 Å². The zero-order valence-electron chi connectivity index (χ0n) is 24.0. The second-order valence-corrected chi connectivity index (χ2v) is 10.2. The van der Waals surface area contributed by atoms with E-state index in [9.17, 15) is 27.9 Å². The lowest BCUT2D eigenvalue weighted by Crippen LogP contribution is -2.40. The summed E-state index contributed by atoms with van der Waals surface area (Å²) >= 11 is 0. The maximum absolute atomic E-state index is 14.2. The fourth-order valence-corrected chi connectivity index (χ4v) is 5.32. The number of ether oxygens (including phenoxy) is 1. The Balaban J connectivity index is 1.64. The van der Waals surface area contributed by atoms with Crippen LogP contribution in [0.2, 0.25) is 0 Å². The molecule has 1 N–H and O–H groups in total. The van der Waals surface area contributed by atoms with Crippen LogP contribution in [0.1, 0.15) is 52.8 Å². The number of hydrogen-bond donors (Lipinski definition) is 1. The van der Waals surface area contributed by atoms with E-state index in [4.69, 9.17) is 4.74 Å². The number of methoxy groups -OCH3 is 1. The average molecular weight is 598 g/mol. The molecule has 1 atom stereocenters. The molecule has 0 saturated carbocycles. The molecule has 0 radical (unpaired) electrons. The molecule has 226 valence electrons. The Labute approximate surface area is 245 Å². The van der Waals surface area contributed by atoms with Gasteiger partial charge in [-0.05, 0) is 55.2 Å². The van der Waals surface area contributed by atoms with E-state index in [1.165, 1.54) is 31.2 Å². The number of imidazole rings is 1. The number of anilines is 1. The van der Waals surface area contributed by atoms with Gasteiger partial charge in [-0.15, -0.1) is 0 Å². The SMILES string of the molecule is CCn1cc(-c2cc(Cn3ccnc3N(C)C(=O)O)cc3c2CCN(C(C)c2cc(OC)ccn2)C3=O)c(C(F)(F)F)n1. The summed E-state index contributed by atoms with van der Waals surface area (Å²) < 4.78 is 50.7. The van der Waals surface area contributed by atoms with Crippen LogP contribution in [0.15, 0.2) is 49.1 Å². The summed E-state index contributed by atoms with van der Waals surface area (Å²) in [5, 5.41) is 13.3. The van der Waals surface area contributed by atoms with Gasteiger partial charge in [0.15, 0.2) is 5.69 Å². The molecule has 3 aromatic heterocycles. The zero-order chi connectivity index (χ0) is 31.1. The van der Waals surface area contributed by atoms with Crippen molar-refractivity contribution in [2.45, 2.75) is 45.6 Å². The lowest BCUT2D eigenvalue weighted by atomic mass is 9.87. The van der Waals surface area contributed by atoms with Gasteiger partial charge in [-0.1, -0.05) is 0 Å². The summed E-state index contributed by atoms with van der Waals surface area (Å²) in [5.74, 6) is 0.347. The zero-order valence-corrected chi connectivity index (χ0v) is 24.0. The minimum atomic E-state index is -4.72. The monoisotopic (exact) mass is 597 g/mol. The number of pyridine rings is 1. The van der Waals surface area contributed by atoms with E-state index in [1.54, 1.807) is 53.0 Å². The first-order valence-electron chi connectivity index (χ1n) is 13.5. The lowest BCUT2D eigenvalue weighted by Gasteiger charge is -2.34. The second kappa shape index (κ2) is 11.4. The Morgan fingerprint density at radius 1 is 1.16 bits per heavy atom. The summed E-state index contributed by atoms with van der Waals surface area (Å²) in [6, 6.07) is 6.26. The van der Waals surface area contributed by atoms with E-state index >= 15 is 0 Å². The highest BCUT2D eigenvalue weighted by Crippen LogP contribution is 2.41. The standard InChI is InChI=1S/C29H30F3N7O4/c1-5-38-16-23(25(35-38)29(30,31)32)21-12-18(15-37-11-9-34-27(37)36(3)28(41)42)13-22-20(21)7-10-39(26(22)40)17(2)24-14-19(43-4)6-8-33-24/h6,8-9,11-14,16-17H,5,7,10,15H2,1-4H3,(H,41,42). The van der Waals surface area contributed by atoms with Gasteiger partial charge < -0.3 is 19.3 Å². The van der Waals surface area contributed by atoms with Crippen LogP contribution < -0.4 is 9.64 Å². The number of carbonyl (C=O) groups excluding carboxylic acids is 1. The van der Waals surface area contributed by atoms with Crippen molar-refractivity contribution in [3.05, 3.63) is 77.1 Å². The maximum Gasteiger partial charge on any atom is 0.435 e. The molecule has 0 spiro atoms. The van der Waals surface area contributed by atoms with Crippen molar-refractivity contribution in [3.63, 3.8) is 0 Å². The summed E-state index contributed by atoms with van der Waals surface area (Å²) in [5.41, 5.74) is 0.955. The summed E-state index contributed by atoms with van der Waals surface area (Å²) in [6.07, 6.45) is 0.277. The number of amides is 2. The highest BCUT2D eigenvalue weighted by molar-refractivity contribution is 5.99. The highest BCUT2D eigenvalue weighted by atomic mass is 19.4. The number of alkyl halides is 3. The van der Waals surface area contributed by atoms with Crippen LogP contribution in [0.5, 0.6) is 5.75 Å². The Morgan fingerprint density at radius 3 is 2.58 bits per heavy atom. The number of carbonyl (C=O) groups is 2. The predicted octanol–water partition coefficient (Wildman–Crippen LogP) is 5.11. The quantitative estimate of drug-likeness (QED) is 0.300. The van der Waals surface area contributed by atoms with Gasteiger partial charge in [-0.25, -0.2) is 9.78 Å². The van der Waals surface area contributed by atoms with Gasteiger partial charge in [0.05, 0.1) is 25.4 Å². The molecule has 1 unspecified atom stereocenters. The topological polar surface area (TPSA) is 119 Å². The van der Waals surface area contributed by atoms with Crippen LogP contribution in [0, 0.1) is 0 Å². The number of halogens is 3. The van der Waals surface area contributed by atoms with E-state index in [0.717, 1.165) is 4.90 Å². The van der Waals surface area contributed by atoms with E-state index in [1.807, 2.05) is 6.92 Å². The number of nitrogens with zero attached hydrogens (tertiary/aromatic N) is 7. The molecule has 1 aliphatic heterocycles. The van der Waals surface area contributed by atoms with Gasteiger partial charge in [0.2, 0.25) is 5.95 Å². The van der Waals surface area contributed by atoms with E-state index in [-0.39, 0.29) is 48.2 Å². The summed E-state index contributed by atoms with van der Waals surface area (Å²) in [6.45, 7) is 4.07. The van der Waals surface area contributed by atoms with E-state index < -0.39 is 24.0 Å². The maximum atomic E-state index is 14.2. The van der Waals surface area contributed by atoms with Crippen LogP contribution in [0.4, 0.5) is 23.9 Å². The number of hydrogen-bond acceptors (Lipinski definition) is 6. The molecule has 0 bridgehead atoms. The van der Waals surface area contributed by atoms with Crippen molar-refractivity contribution in [1.29, 1.82) is 0 Å². The Hall–Kier alpha value is -4.88. The van der Waals surface area contributed by atoms with Gasteiger partial charge >= 0.3 is 12.3 Å². The third-order valence-corrected chi connectivity index (χ3v) is 7.57. The molecular weight excluding hydrogens is 567 g/mol. The number of carboxylic acid groups (broad SMARTS) is 1. The molecule has 0 saturated heterocycles. The fourth-order valence-electron chi connectivity index (χ4n) is 5.32. The fraction of sp³-hybridized carbons (Fsp3) is 0.345. The largest absolute Gasteiger partial charge is 0.497 e. The molecule has 14 heteroatoms. The first-order valence-corrected chi connectivity index (χ1v) is 13.5. The molecule has 4 heterocycles. The minimum Gasteiger partial charge on any atom is -0.497 e. The molecule has 4 aromatic rings. The predicted molar refractivity (Wildman–Crippen MR) is 150 cm³/mol. The Kier molecular flexibility index (Phi) is 7.86. The first-order chi connectivity index (χ1) is 20.4. The van der Waals surface area contributed by atoms with Gasteiger partial charge in [-0.2, -0.15) is 18.3 Å². The summed E-state index contributed by atoms with van der Waals surface area (Å²) in [4.78, 5) is 36.7. The molecule has 0 fully saturated rings. The number of fused-ring (bicyclic) bond motifs is 1. The van der Waals surface area contributed by atoms with Crippen molar-refractivity contribution in [1.82, 2.24) is 29.2 Å². The van der Waals surface area contributed by atoms with Crippen molar-refractivity contribution < 1.29 is 32.6 Å². The van der Waals surface area contributed by atoms with Gasteiger partial charge in [-0.3, -0.25) is 19.4 Å². The van der Waals surface area contributed by atoms with Crippen molar-refractivity contribution in [2.75, 3.05) is 25.6 Å². The van der Waals surface area contributed by atoms with Crippen LogP contribution in [0.25, 0.3) is 11.1 Å². The smallest absolute Gasteiger partial charge is 0.435 e. The second-order valence-electron chi connectivity index (χ2n) is 10.2. The van der Waals surface area contributed by atoms with Gasteiger partial charge in [0.25, 0.3) is 5.91 Å². The molecule has 43 heavy (non-hydrogen) atoms. The molecule has 1 aromatic carbocycles. The third-order valence-electron chi connectivity index (χ3n) is 7.57. The van der Waals surface area contributed by atoms with Gasteiger partial charge in [0, 0.05) is 62.1 Å². The van der Waals surface area contributed by atoms with Crippen molar-refractivity contribution in [3.8, 4) is 16.9 Å². The average Bonchev–Trinajstić information content (AvgIpc) is 3.64. The highest BCUT2D eigenvalue weighted by Gasteiger charge is 2.39. The molecular formula is C29H30F3N7O4. The third kappa shape index (κ3) is 5.64. The molecule has 1 aliphatic rings. The van der Waals surface area contributed by atoms with Gasteiger partial charge in [0.1, 0.15) is 5.75 Å². The molecule has 2 amide bonds. The number of benzene rings is 1. The minimum absolute atomic E-state index is 0.0524. The van der Waals surface area contributed by atoms with Crippen LogP contribution in [-0.4, -0.2) is 67.0 Å². The Morgan fingerprint density at radius 2 is 1.91 bits per heavy atom. The molecule has 5 rings (SSSR count). The van der Waals surface area contributed by atoms with Crippen molar-refractivity contribution in [2.24, 2.45) is 0 Å². The molecule has 0 aliphatic carbocycles. The van der Waals surface area contributed by atoms with E-state index in [0.29, 0.717) is 29.0 Å².